The second-order valence-corrected chi connectivity index (χ2v) is 6.29. The van der Waals surface area contributed by atoms with Crippen LogP contribution in [0.4, 0.5) is 0 Å². The van der Waals surface area contributed by atoms with Gasteiger partial charge in [-0.25, -0.2) is 19.4 Å². The van der Waals surface area contributed by atoms with Crippen molar-refractivity contribution in [3.63, 3.8) is 0 Å². The summed E-state index contributed by atoms with van der Waals surface area (Å²) < 4.78 is 0. The van der Waals surface area contributed by atoms with Gasteiger partial charge in [0.1, 0.15) is 0 Å². The Morgan fingerprint density at radius 3 is 1.45 bits per heavy atom. The van der Waals surface area contributed by atoms with Gasteiger partial charge in [-0.15, -0.1) is 0 Å². The third-order valence-corrected chi connectivity index (χ3v) is 4.66. The monoisotopic (exact) mass is 282 g/mol. The van der Waals surface area contributed by atoms with Crippen molar-refractivity contribution in [2.45, 2.75) is 77.0 Å². The Bertz CT molecular complexity index is 286. The highest BCUT2D eigenvalue weighted by atomic mass is 17.2. The quantitative estimate of drug-likeness (QED) is 0.500. The van der Waals surface area contributed by atoms with Crippen LogP contribution in [-0.4, -0.2) is 11.9 Å². The minimum absolute atomic E-state index is 0.353. The van der Waals surface area contributed by atoms with Gasteiger partial charge in [-0.05, 0) is 37.5 Å². The van der Waals surface area contributed by atoms with Gasteiger partial charge < -0.3 is 0 Å². The molecule has 0 saturated heterocycles. The van der Waals surface area contributed by atoms with Crippen molar-refractivity contribution >= 4 is 11.9 Å². The van der Waals surface area contributed by atoms with Gasteiger partial charge in [-0.1, -0.05) is 38.5 Å². The van der Waals surface area contributed by atoms with Crippen LogP contribution in [0.5, 0.6) is 0 Å². The Morgan fingerprint density at radius 1 is 0.750 bits per heavy atom. The number of hydrogen-bond acceptors (Lipinski definition) is 4. The molecule has 0 N–H and O–H groups in total. The molecule has 2 saturated carbocycles. The zero-order valence-corrected chi connectivity index (χ0v) is 12.3. The van der Waals surface area contributed by atoms with Crippen LogP contribution >= 0.6 is 0 Å². The predicted molar refractivity (Wildman–Crippen MR) is 74.6 cm³/mol. The standard InChI is InChI=1S/C16H26O4/c17-15(11-3-9-13-5-1-6-13)19-20-16(18)12-4-10-14-7-2-8-14/h13-14H,1-12H2. The zero-order valence-electron chi connectivity index (χ0n) is 12.3. The molecule has 0 aromatic carbocycles. The van der Waals surface area contributed by atoms with Gasteiger partial charge >= 0.3 is 11.9 Å². The smallest absolute Gasteiger partial charge is 0.247 e. The molecule has 0 heterocycles. The lowest BCUT2D eigenvalue weighted by Crippen LogP contribution is -2.14. The maximum absolute atomic E-state index is 11.4. The predicted octanol–water partition coefficient (Wildman–Crippen LogP) is 3.93. The summed E-state index contributed by atoms with van der Waals surface area (Å²) in [5.41, 5.74) is 0. The first-order valence-corrected chi connectivity index (χ1v) is 8.14. The summed E-state index contributed by atoms with van der Waals surface area (Å²) in [5.74, 6) is 0.766. The first kappa shape index (κ1) is 15.3. The van der Waals surface area contributed by atoms with Crippen molar-refractivity contribution < 1.29 is 19.4 Å². The second kappa shape index (κ2) is 8.28. The van der Waals surface area contributed by atoms with E-state index in [0.29, 0.717) is 12.8 Å². The van der Waals surface area contributed by atoms with Crippen LogP contribution in [0.3, 0.4) is 0 Å². The van der Waals surface area contributed by atoms with Crippen molar-refractivity contribution in [1.29, 1.82) is 0 Å². The number of carbonyl (C=O) groups excluding carboxylic acids is 2. The minimum Gasteiger partial charge on any atom is -0.247 e. The first-order valence-electron chi connectivity index (χ1n) is 8.14. The Balaban J connectivity index is 1.41. The SMILES string of the molecule is O=C(CCCC1CCC1)OOC(=O)CCCC1CCC1. The Kier molecular flexibility index (Phi) is 6.34. The van der Waals surface area contributed by atoms with Crippen molar-refractivity contribution in [3.8, 4) is 0 Å². The molecule has 2 aliphatic rings. The van der Waals surface area contributed by atoms with Crippen molar-refractivity contribution in [2.75, 3.05) is 0 Å². The topological polar surface area (TPSA) is 52.6 Å². The van der Waals surface area contributed by atoms with Gasteiger partial charge in [0.25, 0.3) is 0 Å². The van der Waals surface area contributed by atoms with E-state index in [4.69, 9.17) is 0 Å². The summed E-state index contributed by atoms with van der Waals surface area (Å²) >= 11 is 0. The summed E-state index contributed by atoms with van der Waals surface area (Å²) in [6.45, 7) is 0. The molecule has 0 aliphatic heterocycles. The van der Waals surface area contributed by atoms with Gasteiger partial charge in [0.05, 0.1) is 12.8 Å². The third kappa shape index (κ3) is 5.51. The highest BCUT2D eigenvalue weighted by Gasteiger charge is 2.19. The number of hydrogen-bond donors (Lipinski definition) is 0. The lowest BCUT2D eigenvalue weighted by molar-refractivity contribution is -0.259. The van der Waals surface area contributed by atoms with Gasteiger partial charge in [-0.2, -0.15) is 0 Å². The minimum atomic E-state index is -0.420. The van der Waals surface area contributed by atoms with Crippen LogP contribution in [0.15, 0.2) is 0 Å². The molecular weight excluding hydrogens is 256 g/mol. The average Bonchev–Trinajstić information content (AvgIpc) is 2.33. The highest BCUT2D eigenvalue weighted by molar-refractivity contribution is 5.72. The lowest BCUT2D eigenvalue weighted by Gasteiger charge is -2.24. The lowest BCUT2D eigenvalue weighted by atomic mass is 9.82. The van der Waals surface area contributed by atoms with E-state index in [1.54, 1.807) is 0 Å². The van der Waals surface area contributed by atoms with E-state index in [0.717, 1.165) is 37.5 Å². The molecule has 4 nitrogen and oxygen atoms in total. The molecule has 2 fully saturated rings. The largest absolute Gasteiger partial charge is 0.355 e. The van der Waals surface area contributed by atoms with Crippen molar-refractivity contribution in [2.24, 2.45) is 11.8 Å². The van der Waals surface area contributed by atoms with Crippen LogP contribution in [-0.2, 0) is 19.4 Å². The van der Waals surface area contributed by atoms with Crippen LogP contribution in [0, 0.1) is 11.8 Å². The summed E-state index contributed by atoms with van der Waals surface area (Å²) in [6.07, 6.45) is 12.4. The molecule has 2 aliphatic carbocycles. The van der Waals surface area contributed by atoms with E-state index in [9.17, 15) is 9.59 Å². The maximum Gasteiger partial charge on any atom is 0.355 e. The Hall–Kier alpha value is -1.06. The Morgan fingerprint density at radius 2 is 1.15 bits per heavy atom. The molecule has 2 rings (SSSR count). The normalized spacial score (nSPS) is 19.0. The Labute approximate surface area is 121 Å². The van der Waals surface area contributed by atoms with E-state index in [-0.39, 0.29) is 0 Å². The van der Waals surface area contributed by atoms with Gasteiger partial charge in [0.15, 0.2) is 0 Å². The van der Waals surface area contributed by atoms with E-state index in [1.165, 1.54) is 38.5 Å². The fourth-order valence-electron chi connectivity index (χ4n) is 2.81. The summed E-state index contributed by atoms with van der Waals surface area (Å²) in [5, 5.41) is 0. The van der Waals surface area contributed by atoms with Crippen LogP contribution in [0.1, 0.15) is 77.0 Å². The third-order valence-electron chi connectivity index (χ3n) is 4.66. The number of carbonyl (C=O) groups is 2. The molecule has 0 spiro atoms. The summed E-state index contributed by atoms with van der Waals surface area (Å²) in [7, 11) is 0. The first-order chi connectivity index (χ1) is 9.74. The van der Waals surface area contributed by atoms with Crippen LogP contribution in [0.25, 0.3) is 0 Å². The highest BCUT2D eigenvalue weighted by Crippen LogP contribution is 2.31. The van der Waals surface area contributed by atoms with Gasteiger partial charge in [0, 0.05) is 0 Å². The van der Waals surface area contributed by atoms with Crippen molar-refractivity contribution in [1.82, 2.24) is 0 Å². The average molecular weight is 282 g/mol. The second-order valence-electron chi connectivity index (χ2n) is 6.29. The molecule has 0 aromatic heterocycles. The zero-order chi connectivity index (χ0) is 14.2. The van der Waals surface area contributed by atoms with Gasteiger partial charge in [0.2, 0.25) is 0 Å². The van der Waals surface area contributed by atoms with Crippen LogP contribution < -0.4 is 0 Å². The van der Waals surface area contributed by atoms with Crippen molar-refractivity contribution in [3.05, 3.63) is 0 Å². The molecule has 0 bridgehead atoms. The van der Waals surface area contributed by atoms with E-state index < -0.39 is 11.9 Å². The molecule has 0 radical (unpaired) electrons. The maximum atomic E-state index is 11.4. The fraction of sp³-hybridized carbons (Fsp3) is 0.875. The molecule has 20 heavy (non-hydrogen) atoms. The summed E-state index contributed by atoms with van der Waals surface area (Å²) in [4.78, 5) is 31.8. The van der Waals surface area contributed by atoms with E-state index in [2.05, 4.69) is 9.78 Å². The molecule has 0 unspecified atom stereocenters. The fourth-order valence-corrected chi connectivity index (χ4v) is 2.81. The molecule has 0 atom stereocenters. The van der Waals surface area contributed by atoms with Gasteiger partial charge in [-0.3, -0.25) is 0 Å². The molecular formula is C16H26O4. The number of rotatable bonds is 8. The van der Waals surface area contributed by atoms with E-state index >= 15 is 0 Å². The summed E-state index contributed by atoms with van der Waals surface area (Å²) in [6, 6.07) is 0. The van der Waals surface area contributed by atoms with E-state index in [1.807, 2.05) is 0 Å². The molecule has 114 valence electrons. The molecule has 0 amide bonds. The molecule has 0 aromatic rings. The van der Waals surface area contributed by atoms with Crippen LogP contribution in [0.2, 0.25) is 0 Å². The molecule has 4 heteroatoms.